The van der Waals surface area contributed by atoms with Gasteiger partial charge in [-0.1, -0.05) is 25.1 Å². The van der Waals surface area contributed by atoms with Gasteiger partial charge in [0.1, 0.15) is 5.82 Å². The smallest absolute Gasteiger partial charge is 0.254 e. The van der Waals surface area contributed by atoms with E-state index in [0.29, 0.717) is 22.0 Å². The van der Waals surface area contributed by atoms with Gasteiger partial charge in [-0.05, 0) is 36.8 Å². The van der Waals surface area contributed by atoms with Crippen molar-refractivity contribution in [1.82, 2.24) is 5.32 Å². The van der Waals surface area contributed by atoms with E-state index >= 15 is 0 Å². The van der Waals surface area contributed by atoms with Crippen molar-refractivity contribution < 1.29 is 9.18 Å². The quantitative estimate of drug-likeness (QED) is 0.909. The second kappa shape index (κ2) is 6.08. The number of carbonyl (C=O) groups excluding carboxylic acids is 1. The molecule has 5 heteroatoms. The molecule has 0 saturated heterocycles. The van der Waals surface area contributed by atoms with Crippen molar-refractivity contribution in [2.24, 2.45) is 5.92 Å². The number of thiophene rings is 1. The van der Waals surface area contributed by atoms with E-state index in [1.54, 1.807) is 18.2 Å². The zero-order chi connectivity index (χ0) is 15.7. The summed E-state index contributed by atoms with van der Waals surface area (Å²) in [4.78, 5) is 13.7. The van der Waals surface area contributed by atoms with Crippen molar-refractivity contribution in [3.63, 3.8) is 0 Å². The molecule has 0 radical (unpaired) electrons. The van der Waals surface area contributed by atoms with Crippen LogP contribution in [0.5, 0.6) is 0 Å². The molecule has 1 heterocycles. The molecule has 3 rings (SSSR count). The molecule has 22 heavy (non-hydrogen) atoms. The molecular weight excluding hydrogens is 299 g/mol. The lowest BCUT2D eigenvalue weighted by Crippen LogP contribution is -2.25. The summed E-state index contributed by atoms with van der Waals surface area (Å²) in [5.41, 5.74) is 8.22. The highest BCUT2D eigenvalue weighted by Crippen LogP contribution is 2.37. The molecule has 3 N–H and O–H groups in total. The summed E-state index contributed by atoms with van der Waals surface area (Å²) < 4.78 is 13.6. The Balaban J connectivity index is 1.77. The molecule has 0 fully saturated rings. The molecule has 1 aromatic heterocycles. The third kappa shape index (κ3) is 2.86. The fourth-order valence-electron chi connectivity index (χ4n) is 2.93. The van der Waals surface area contributed by atoms with Gasteiger partial charge in [0, 0.05) is 17.0 Å². The largest absolute Gasteiger partial charge is 0.390 e. The Labute approximate surface area is 133 Å². The van der Waals surface area contributed by atoms with E-state index in [4.69, 9.17) is 5.73 Å². The molecule has 1 aliphatic carbocycles. The SMILES string of the molecule is CC1CCc2c(sc(N)c2C(=O)NCc2ccccc2F)C1. The van der Waals surface area contributed by atoms with E-state index in [0.717, 1.165) is 24.8 Å². The molecular formula is C17H19FN2OS. The number of nitrogens with two attached hydrogens (primary N) is 1. The highest BCUT2D eigenvalue weighted by atomic mass is 32.1. The van der Waals surface area contributed by atoms with Crippen molar-refractivity contribution in [2.45, 2.75) is 32.7 Å². The number of anilines is 1. The first-order chi connectivity index (χ1) is 10.6. The molecule has 0 spiro atoms. The average molecular weight is 318 g/mol. The third-order valence-corrected chi connectivity index (χ3v) is 5.25. The van der Waals surface area contributed by atoms with Gasteiger partial charge in [-0.2, -0.15) is 0 Å². The van der Waals surface area contributed by atoms with Gasteiger partial charge < -0.3 is 11.1 Å². The van der Waals surface area contributed by atoms with Crippen LogP contribution in [0.4, 0.5) is 9.39 Å². The summed E-state index contributed by atoms with van der Waals surface area (Å²) in [5.74, 6) is 0.129. The lowest BCUT2D eigenvalue weighted by molar-refractivity contribution is 0.0950. The molecule has 1 atom stereocenters. The van der Waals surface area contributed by atoms with E-state index in [2.05, 4.69) is 12.2 Å². The summed E-state index contributed by atoms with van der Waals surface area (Å²) >= 11 is 1.52. The Morgan fingerprint density at radius 3 is 3.00 bits per heavy atom. The van der Waals surface area contributed by atoms with Crippen LogP contribution in [0.3, 0.4) is 0 Å². The van der Waals surface area contributed by atoms with Crippen LogP contribution in [0.2, 0.25) is 0 Å². The summed E-state index contributed by atoms with van der Waals surface area (Å²) in [6.07, 6.45) is 2.97. The van der Waals surface area contributed by atoms with Gasteiger partial charge in [-0.25, -0.2) is 4.39 Å². The lowest BCUT2D eigenvalue weighted by Gasteiger charge is -2.18. The van der Waals surface area contributed by atoms with Crippen LogP contribution in [0, 0.1) is 11.7 Å². The van der Waals surface area contributed by atoms with Gasteiger partial charge in [0.2, 0.25) is 0 Å². The molecule has 0 aliphatic heterocycles. The van der Waals surface area contributed by atoms with Crippen LogP contribution in [-0.2, 0) is 19.4 Å². The van der Waals surface area contributed by atoms with Gasteiger partial charge in [-0.3, -0.25) is 4.79 Å². The minimum Gasteiger partial charge on any atom is -0.390 e. The maximum Gasteiger partial charge on any atom is 0.254 e. The molecule has 0 bridgehead atoms. The number of hydrogen-bond acceptors (Lipinski definition) is 3. The van der Waals surface area contributed by atoms with E-state index in [9.17, 15) is 9.18 Å². The van der Waals surface area contributed by atoms with Crippen LogP contribution in [0.25, 0.3) is 0 Å². The molecule has 3 nitrogen and oxygen atoms in total. The molecule has 2 aromatic rings. The Hall–Kier alpha value is -1.88. The Bertz CT molecular complexity index is 711. The minimum atomic E-state index is -0.308. The normalized spacial score (nSPS) is 17.1. The number of nitrogen functional groups attached to an aromatic ring is 1. The number of benzene rings is 1. The number of rotatable bonds is 3. The first kappa shape index (κ1) is 15.0. The fraction of sp³-hybridized carbons (Fsp3) is 0.353. The summed E-state index contributed by atoms with van der Waals surface area (Å²) in [6, 6.07) is 6.45. The standard InChI is InChI=1S/C17H19FN2OS/c1-10-6-7-12-14(8-10)22-16(19)15(12)17(21)20-9-11-4-2-3-5-13(11)18/h2-5,10H,6-9,19H2,1H3,(H,20,21). The average Bonchev–Trinajstić information content (AvgIpc) is 2.81. The van der Waals surface area contributed by atoms with Crippen LogP contribution in [0.15, 0.2) is 24.3 Å². The van der Waals surface area contributed by atoms with Crippen LogP contribution >= 0.6 is 11.3 Å². The highest BCUT2D eigenvalue weighted by molar-refractivity contribution is 7.16. The van der Waals surface area contributed by atoms with Crippen LogP contribution in [0.1, 0.15) is 39.7 Å². The molecule has 116 valence electrons. The second-order valence-corrected chi connectivity index (χ2v) is 7.00. The van der Waals surface area contributed by atoms with Crippen molar-refractivity contribution in [2.75, 3.05) is 5.73 Å². The summed E-state index contributed by atoms with van der Waals surface area (Å²) in [6.45, 7) is 2.39. The first-order valence-electron chi connectivity index (χ1n) is 7.48. The van der Waals surface area contributed by atoms with E-state index in [1.807, 2.05) is 0 Å². The number of amides is 1. The predicted octanol–water partition coefficient (Wildman–Crippen LogP) is 3.52. The monoisotopic (exact) mass is 318 g/mol. The molecule has 1 aliphatic rings. The number of carbonyl (C=O) groups is 1. The lowest BCUT2D eigenvalue weighted by atomic mass is 9.88. The van der Waals surface area contributed by atoms with Crippen LogP contribution in [-0.4, -0.2) is 5.91 Å². The van der Waals surface area contributed by atoms with Crippen LogP contribution < -0.4 is 11.1 Å². The number of halogens is 1. The van der Waals surface area contributed by atoms with E-state index < -0.39 is 0 Å². The van der Waals surface area contributed by atoms with Crippen molar-refractivity contribution in [3.05, 3.63) is 51.7 Å². The minimum absolute atomic E-state index is 0.173. The number of nitrogens with one attached hydrogen (secondary N) is 1. The molecule has 0 saturated carbocycles. The van der Waals surface area contributed by atoms with Crippen molar-refractivity contribution in [1.29, 1.82) is 0 Å². The maximum atomic E-state index is 13.6. The third-order valence-electron chi connectivity index (χ3n) is 4.16. The first-order valence-corrected chi connectivity index (χ1v) is 8.29. The topological polar surface area (TPSA) is 55.1 Å². The van der Waals surface area contributed by atoms with Gasteiger partial charge in [0.05, 0.1) is 10.6 Å². The highest BCUT2D eigenvalue weighted by Gasteiger charge is 2.26. The Kier molecular flexibility index (Phi) is 4.16. The van der Waals surface area contributed by atoms with Crippen molar-refractivity contribution >= 4 is 22.2 Å². The number of hydrogen-bond donors (Lipinski definition) is 2. The number of fused-ring (bicyclic) bond motifs is 1. The van der Waals surface area contributed by atoms with Gasteiger partial charge in [0.25, 0.3) is 5.91 Å². The fourth-order valence-corrected chi connectivity index (χ4v) is 4.21. The zero-order valence-electron chi connectivity index (χ0n) is 12.5. The van der Waals surface area contributed by atoms with Gasteiger partial charge in [0.15, 0.2) is 0 Å². The predicted molar refractivity (Wildman–Crippen MR) is 87.5 cm³/mol. The zero-order valence-corrected chi connectivity index (χ0v) is 13.3. The van der Waals surface area contributed by atoms with Crippen molar-refractivity contribution in [3.8, 4) is 0 Å². The molecule has 1 aromatic carbocycles. The van der Waals surface area contributed by atoms with E-state index in [-0.39, 0.29) is 18.3 Å². The van der Waals surface area contributed by atoms with E-state index in [1.165, 1.54) is 22.3 Å². The summed E-state index contributed by atoms with van der Waals surface area (Å²) in [5, 5.41) is 3.37. The second-order valence-electron chi connectivity index (χ2n) is 5.87. The van der Waals surface area contributed by atoms with Gasteiger partial charge in [-0.15, -0.1) is 11.3 Å². The Morgan fingerprint density at radius 2 is 2.23 bits per heavy atom. The summed E-state index contributed by atoms with van der Waals surface area (Å²) in [7, 11) is 0. The molecule has 1 unspecified atom stereocenters. The van der Waals surface area contributed by atoms with Gasteiger partial charge >= 0.3 is 0 Å². The maximum absolute atomic E-state index is 13.6. The molecule has 1 amide bonds. The Morgan fingerprint density at radius 1 is 1.45 bits per heavy atom.